The highest BCUT2D eigenvalue weighted by Crippen LogP contribution is 2.31. The SMILES string of the molecule is C.CC(C)(C)c1nsc2ccccc12. The first-order valence-electron chi connectivity index (χ1n) is 4.44. The molecule has 1 aromatic heterocycles. The Kier molecular flexibility index (Phi) is 2.95. The van der Waals surface area contributed by atoms with Gasteiger partial charge in [-0.05, 0) is 17.6 Å². The van der Waals surface area contributed by atoms with E-state index < -0.39 is 0 Å². The zero-order valence-corrected chi connectivity index (χ0v) is 8.98. The van der Waals surface area contributed by atoms with E-state index in [2.05, 4.69) is 49.4 Å². The van der Waals surface area contributed by atoms with Crippen LogP contribution in [-0.4, -0.2) is 4.37 Å². The number of hydrogen-bond acceptors (Lipinski definition) is 2. The van der Waals surface area contributed by atoms with Gasteiger partial charge >= 0.3 is 0 Å². The van der Waals surface area contributed by atoms with Gasteiger partial charge in [-0.25, -0.2) is 0 Å². The van der Waals surface area contributed by atoms with E-state index >= 15 is 0 Å². The molecule has 0 spiro atoms. The molecule has 0 radical (unpaired) electrons. The first-order valence-corrected chi connectivity index (χ1v) is 5.21. The minimum absolute atomic E-state index is 0. The fraction of sp³-hybridized carbons (Fsp3) is 0.417. The smallest absolute Gasteiger partial charge is 0.0674 e. The molecule has 2 heteroatoms. The van der Waals surface area contributed by atoms with Crippen LogP contribution < -0.4 is 0 Å². The number of benzene rings is 1. The summed E-state index contributed by atoms with van der Waals surface area (Å²) in [7, 11) is 0. The van der Waals surface area contributed by atoms with E-state index in [1.807, 2.05) is 0 Å². The summed E-state index contributed by atoms with van der Waals surface area (Å²) in [6.45, 7) is 6.61. The summed E-state index contributed by atoms with van der Waals surface area (Å²) in [4.78, 5) is 0. The van der Waals surface area contributed by atoms with Gasteiger partial charge in [0.2, 0.25) is 0 Å². The average molecular weight is 207 g/mol. The van der Waals surface area contributed by atoms with Gasteiger partial charge in [0.1, 0.15) is 0 Å². The second-order valence-corrected chi connectivity index (χ2v) is 5.08. The van der Waals surface area contributed by atoms with Crippen LogP contribution in [0.25, 0.3) is 10.1 Å². The molecule has 1 aromatic carbocycles. The Bertz CT molecular complexity index is 423. The predicted molar refractivity (Wildman–Crippen MR) is 65.1 cm³/mol. The number of fused-ring (bicyclic) bond motifs is 1. The van der Waals surface area contributed by atoms with Gasteiger partial charge in [0.05, 0.1) is 10.4 Å². The highest BCUT2D eigenvalue weighted by Gasteiger charge is 2.19. The topological polar surface area (TPSA) is 12.9 Å². The minimum atomic E-state index is 0. The Balaban J connectivity index is 0.000000980. The van der Waals surface area contributed by atoms with Crippen molar-refractivity contribution in [3.63, 3.8) is 0 Å². The van der Waals surface area contributed by atoms with Gasteiger partial charge in [0.25, 0.3) is 0 Å². The van der Waals surface area contributed by atoms with E-state index in [1.54, 1.807) is 11.5 Å². The zero-order chi connectivity index (χ0) is 9.47. The fourth-order valence-electron chi connectivity index (χ4n) is 1.43. The molecule has 0 N–H and O–H groups in total. The molecule has 0 saturated heterocycles. The normalized spacial score (nSPS) is 11.4. The first-order chi connectivity index (χ1) is 6.09. The van der Waals surface area contributed by atoms with Gasteiger partial charge in [0, 0.05) is 10.8 Å². The lowest BCUT2D eigenvalue weighted by Gasteiger charge is -2.15. The van der Waals surface area contributed by atoms with E-state index in [-0.39, 0.29) is 12.8 Å². The maximum absolute atomic E-state index is 4.51. The van der Waals surface area contributed by atoms with Crippen molar-refractivity contribution >= 4 is 21.6 Å². The average Bonchev–Trinajstić information content (AvgIpc) is 2.45. The molecule has 2 rings (SSSR count). The molecule has 76 valence electrons. The third kappa shape index (κ3) is 1.80. The van der Waals surface area contributed by atoms with Crippen molar-refractivity contribution in [3.05, 3.63) is 30.0 Å². The van der Waals surface area contributed by atoms with Gasteiger partial charge in [-0.15, -0.1) is 0 Å². The van der Waals surface area contributed by atoms with E-state index in [4.69, 9.17) is 0 Å². The van der Waals surface area contributed by atoms with Crippen LogP contribution >= 0.6 is 11.5 Å². The summed E-state index contributed by atoms with van der Waals surface area (Å²) in [5.41, 5.74) is 1.37. The summed E-state index contributed by atoms with van der Waals surface area (Å²) in [6.07, 6.45) is 0. The van der Waals surface area contributed by atoms with Crippen molar-refractivity contribution in [2.75, 3.05) is 0 Å². The van der Waals surface area contributed by atoms with Crippen LogP contribution in [0.5, 0.6) is 0 Å². The second kappa shape index (κ2) is 3.70. The monoisotopic (exact) mass is 207 g/mol. The quantitative estimate of drug-likeness (QED) is 0.630. The van der Waals surface area contributed by atoms with Crippen LogP contribution in [-0.2, 0) is 5.41 Å². The lowest BCUT2D eigenvalue weighted by molar-refractivity contribution is 0.581. The van der Waals surface area contributed by atoms with Crippen molar-refractivity contribution in [1.82, 2.24) is 4.37 Å². The molecule has 2 aromatic rings. The molecular weight excluding hydrogens is 190 g/mol. The molecule has 14 heavy (non-hydrogen) atoms. The molecule has 0 aliphatic carbocycles. The molecule has 0 aliphatic rings. The maximum atomic E-state index is 4.51. The molecule has 1 nitrogen and oxygen atoms in total. The van der Waals surface area contributed by atoms with Crippen molar-refractivity contribution in [2.45, 2.75) is 33.6 Å². The van der Waals surface area contributed by atoms with Crippen LogP contribution in [0.15, 0.2) is 24.3 Å². The van der Waals surface area contributed by atoms with E-state index in [1.165, 1.54) is 15.8 Å². The van der Waals surface area contributed by atoms with Crippen molar-refractivity contribution in [3.8, 4) is 0 Å². The van der Waals surface area contributed by atoms with Crippen molar-refractivity contribution in [2.24, 2.45) is 0 Å². The molecule has 0 bridgehead atoms. The molecule has 0 saturated carbocycles. The van der Waals surface area contributed by atoms with Crippen LogP contribution in [0.4, 0.5) is 0 Å². The summed E-state index contributed by atoms with van der Waals surface area (Å²) >= 11 is 1.59. The highest BCUT2D eigenvalue weighted by atomic mass is 32.1. The fourth-order valence-corrected chi connectivity index (χ4v) is 2.39. The minimum Gasteiger partial charge on any atom is -0.196 e. The lowest BCUT2D eigenvalue weighted by Crippen LogP contribution is -2.11. The van der Waals surface area contributed by atoms with E-state index in [0.717, 1.165) is 0 Å². The molecule has 1 heterocycles. The Labute approximate surface area is 89.9 Å². The number of nitrogens with zero attached hydrogens (tertiary/aromatic N) is 1. The Morgan fingerprint density at radius 3 is 2.43 bits per heavy atom. The first kappa shape index (κ1) is 11.2. The summed E-state index contributed by atoms with van der Waals surface area (Å²) < 4.78 is 5.79. The number of hydrogen-bond donors (Lipinski definition) is 0. The van der Waals surface area contributed by atoms with Crippen LogP contribution in [0.2, 0.25) is 0 Å². The zero-order valence-electron chi connectivity index (χ0n) is 8.16. The molecule has 0 amide bonds. The predicted octanol–water partition coefficient (Wildman–Crippen LogP) is 4.23. The summed E-state index contributed by atoms with van der Waals surface area (Å²) in [5.74, 6) is 0. The van der Waals surface area contributed by atoms with Crippen LogP contribution in [0, 0.1) is 0 Å². The van der Waals surface area contributed by atoms with Crippen LogP contribution in [0.1, 0.15) is 33.9 Å². The second-order valence-electron chi connectivity index (χ2n) is 4.28. The third-order valence-corrected chi connectivity index (χ3v) is 2.91. The van der Waals surface area contributed by atoms with Gasteiger partial charge < -0.3 is 0 Å². The van der Waals surface area contributed by atoms with Crippen LogP contribution in [0.3, 0.4) is 0 Å². The Morgan fingerprint density at radius 2 is 1.79 bits per heavy atom. The number of rotatable bonds is 0. The Hall–Kier alpha value is -0.890. The molecule has 0 atom stereocenters. The number of aromatic nitrogens is 1. The van der Waals surface area contributed by atoms with E-state index in [9.17, 15) is 0 Å². The van der Waals surface area contributed by atoms with E-state index in [0.29, 0.717) is 0 Å². The molecule has 0 aliphatic heterocycles. The molecular formula is C12H17NS. The highest BCUT2D eigenvalue weighted by molar-refractivity contribution is 7.13. The Morgan fingerprint density at radius 1 is 1.14 bits per heavy atom. The third-order valence-electron chi connectivity index (χ3n) is 2.09. The van der Waals surface area contributed by atoms with Gasteiger partial charge in [-0.3, -0.25) is 0 Å². The largest absolute Gasteiger partial charge is 0.196 e. The molecule has 0 fully saturated rings. The van der Waals surface area contributed by atoms with Gasteiger partial charge in [-0.1, -0.05) is 46.4 Å². The van der Waals surface area contributed by atoms with Crippen molar-refractivity contribution < 1.29 is 0 Å². The molecule has 0 unspecified atom stereocenters. The summed E-state index contributed by atoms with van der Waals surface area (Å²) in [6, 6.07) is 8.42. The van der Waals surface area contributed by atoms with Gasteiger partial charge in [0.15, 0.2) is 0 Å². The van der Waals surface area contributed by atoms with Crippen molar-refractivity contribution in [1.29, 1.82) is 0 Å². The maximum Gasteiger partial charge on any atom is 0.0674 e. The standard InChI is InChI=1S/C11H13NS.CH4/c1-11(2,3)10-8-6-4-5-7-9(8)13-12-10;/h4-7H,1-3H3;1H4. The lowest BCUT2D eigenvalue weighted by atomic mass is 9.90. The van der Waals surface area contributed by atoms with Gasteiger partial charge in [-0.2, -0.15) is 4.37 Å². The summed E-state index contributed by atoms with van der Waals surface area (Å²) in [5, 5.41) is 1.31.